The number of allylic oxidation sites excluding steroid dienone is 3. The van der Waals surface area contributed by atoms with Gasteiger partial charge in [-0.2, -0.15) is 0 Å². The summed E-state index contributed by atoms with van der Waals surface area (Å²) in [6.07, 6.45) is 7.79. The number of rotatable bonds is 3. The molecule has 0 saturated heterocycles. The van der Waals surface area contributed by atoms with Crippen LogP contribution >= 0.6 is 0 Å². The fourth-order valence-electron chi connectivity index (χ4n) is 4.10. The number of hydrogen-bond donors (Lipinski definition) is 0. The number of carbonyl (C=O) groups excluding carboxylic acids is 1. The topological polar surface area (TPSA) is 17.1 Å². The molecule has 0 spiro atoms. The molecule has 0 aromatic carbocycles. The van der Waals surface area contributed by atoms with Gasteiger partial charge in [-0.3, -0.25) is 4.79 Å². The minimum absolute atomic E-state index is 0.379. The first-order valence-corrected chi connectivity index (χ1v) is 8.28. The quantitative estimate of drug-likeness (QED) is 0.648. The van der Waals surface area contributed by atoms with Crippen molar-refractivity contribution in [1.82, 2.24) is 0 Å². The van der Waals surface area contributed by atoms with Gasteiger partial charge in [-0.25, -0.2) is 0 Å². The summed E-state index contributed by atoms with van der Waals surface area (Å²) in [5, 5.41) is 0. The molecular weight excluding hydrogens is 244 g/mol. The highest BCUT2D eigenvalue weighted by Gasteiger charge is 2.36. The molecule has 0 aliphatic heterocycles. The first-order chi connectivity index (χ1) is 9.40. The van der Waals surface area contributed by atoms with Crippen molar-refractivity contribution in [2.75, 3.05) is 0 Å². The van der Waals surface area contributed by atoms with E-state index in [1.807, 2.05) is 0 Å². The molecule has 0 amide bonds. The van der Waals surface area contributed by atoms with Crippen LogP contribution in [-0.2, 0) is 4.79 Å². The van der Waals surface area contributed by atoms with E-state index in [0.717, 1.165) is 23.5 Å². The van der Waals surface area contributed by atoms with Crippen molar-refractivity contribution in [3.63, 3.8) is 0 Å². The molecular formula is C19H30O. The van der Waals surface area contributed by atoms with Crippen LogP contribution in [0.15, 0.2) is 23.8 Å². The Labute approximate surface area is 124 Å². The van der Waals surface area contributed by atoms with Gasteiger partial charge in [-0.05, 0) is 61.3 Å². The third-order valence-electron chi connectivity index (χ3n) is 5.49. The monoisotopic (exact) mass is 274 g/mol. The first kappa shape index (κ1) is 15.5. The van der Waals surface area contributed by atoms with Crippen LogP contribution in [0.3, 0.4) is 0 Å². The predicted octanol–water partition coefficient (Wildman–Crippen LogP) is 5.18. The van der Waals surface area contributed by atoms with Crippen LogP contribution in [0, 0.1) is 29.6 Å². The van der Waals surface area contributed by atoms with Crippen molar-refractivity contribution in [3.8, 4) is 0 Å². The number of ketones is 1. The van der Waals surface area contributed by atoms with Crippen LogP contribution in [0.25, 0.3) is 0 Å². The molecule has 0 aromatic heterocycles. The minimum Gasteiger partial charge on any atom is -0.295 e. The van der Waals surface area contributed by atoms with Crippen molar-refractivity contribution in [2.24, 2.45) is 29.6 Å². The number of carbonyl (C=O) groups is 1. The molecule has 4 atom stereocenters. The van der Waals surface area contributed by atoms with E-state index in [4.69, 9.17) is 0 Å². The minimum atomic E-state index is 0.379. The van der Waals surface area contributed by atoms with Gasteiger partial charge < -0.3 is 0 Å². The second-order valence-electron chi connectivity index (χ2n) is 7.50. The first-order valence-electron chi connectivity index (χ1n) is 8.28. The molecule has 0 N–H and O–H groups in total. The number of hydrogen-bond acceptors (Lipinski definition) is 1. The highest BCUT2D eigenvalue weighted by molar-refractivity contribution is 5.97. The van der Waals surface area contributed by atoms with Gasteiger partial charge in [0.1, 0.15) is 0 Å². The van der Waals surface area contributed by atoms with Crippen molar-refractivity contribution >= 4 is 5.78 Å². The second-order valence-corrected chi connectivity index (χ2v) is 7.50. The summed E-state index contributed by atoms with van der Waals surface area (Å²) < 4.78 is 0. The Balaban J connectivity index is 2.19. The standard InChI is InChI=1S/C19H30O/c1-12(2)15-7-9-17(19(20)11-15)18-10-14(5)6-8-16(18)13(3)4/h9,13-16,18H,1,6-8,10-11H2,2-5H3. The van der Waals surface area contributed by atoms with E-state index in [9.17, 15) is 4.79 Å². The lowest BCUT2D eigenvalue weighted by Crippen LogP contribution is -2.33. The highest BCUT2D eigenvalue weighted by atomic mass is 16.1. The van der Waals surface area contributed by atoms with E-state index >= 15 is 0 Å². The summed E-state index contributed by atoms with van der Waals surface area (Å²) in [6.45, 7) is 13.1. The largest absolute Gasteiger partial charge is 0.295 e. The Morgan fingerprint density at radius 2 is 2.05 bits per heavy atom. The third-order valence-corrected chi connectivity index (χ3v) is 5.49. The van der Waals surface area contributed by atoms with E-state index in [0.29, 0.717) is 35.9 Å². The van der Waals surface area contributed by atoms with Crippen LogP contribution in [0.1, 0.15) is 59.8 Å². The molecule has 2 rings (SSSR count). The molecule has 0 bridgehead atoms. The van der Waals surface area contributed by atoms with E-state index in [2.05, 4.69) is 40.3 Å². The van der Waals surface area contributed by atoms with Gasteiger partial charge in [0, 0.05) is 6.42 Å². The maximum absolute atomic E-state index is 12.6. The van der Waals surface area contributed by atoms with Crippen LogP contribution in [0.2, 0.25) is 0 Å². The summed E-state index contributed by atoms with van der Waals surface area (Å²) in [6, 6.07) is 0. The molecule has 0 aromatic rings. The Hall–Kier alpha value is -0.850. The molecule has 0 radical (unpaired) electrons. The summed E-state index contributed by atoms with van der Waals surface area (Å²) >= 11 is 0. The molecule has 1 fully saturated rings. The van der Waals surface area contributed by atoms with Crippen molar-refractivity contribution < 1.29 is 4.79 Å². The van der Waals surface area contributed by atoms with E-state index in [1.165, 1.54) is 19.3 Å². The van der Waals surface area contributed by atoms with Gasteiger partial charge >= 0.3 is 0 Å². The maximum Gasteiger partial charge on any atom is 0.159 e. The van der Waals surface area contributed by atoms with Crippen LogP contribution in [0.5, 0.6) is 0 Å². The molecule has 0 heterocycles. The fraction of sp³-hybridized carbons (Fsp3) is 0.737. The van der Waals surface area contributed by atoms with E-state index < -0.39 is 0 Å². The average molecular weight is 274 g/mol. The van der Waals surface area contributed by atoms with Gasteiger partial charge in [-0.1, -0.05) is 45.4 Å². The highest BCUT2D eigenvalue weighted by Crippen LogP contribution is 2.44. The summed E-state index contributed by atoms with van der Waals surface area (Å²) in [7, 11) is 0. The lowest BCUT2D eigenvalue weighted by atomic mass is 9.65. The van der Waals surface area contributed by atoms with E-state index in [1.54, 1.807) is 0 Å². The van der Waals surface area contributed by atoms with Gasteiger partial charge in [0.2, 0.25) is 0 Å². The lowest BCUT2D eigenvalue weighted by Gasteiger charge is -2.39. The molecule has 2 aliphatic carbocycles. The van der Waals surface area contributed by atoms with E-state index in [-0.39, 0.29) is 0 Å². The summed E-state index contributed by atoms with van der Waals surface area (Å²) in [5.74, 6) is 3.43. The predicted molar refractivity (Wildman–Crippen MR) is 85.5 cm³/mol. The van der Waals surface area contributed by atoms with Crippen LogP contribution < -0.4 is 0 Å². The average Bonchev–Trinajstić information content (AvgIpc) is 2.37. The Bertz CT molecular complexity index is 415. The number of Topliss-reactive ketones (excluding diaryl/α,β-unsaturated/α-hetero) is 1. The van der Waals surface area contributed by atoms with Crippen LogP contribution in [0.4, 0.5) is 0 Å². The third kappa shape index (κ3) is 3.24. The zero-order chi connectivity index (χ0) is 14.9. The normalized spacial score (nSPS) is 35.0. The Morgan fingerprint density at radius 1 is 1.35 bits per heavy atom. The second kappa shape index (κ2) is 6.28. The fourth-order valence-corrected chi connectivity index (χ4v) is 4.10. The smallest absolute Gasteiger partial charge is 0.159 e. The van der Waals surface area contributed by atoms with Gasteiger partial charge in [0.15, 0.2) is 5.78 Å². The Morgan fingerprint density at radius 3 is 2.60 bits per heavy atom. The van der Waals surface area contributed by atoms with Crippen LogP contribution in [-0.4, -0.2) is 5.78 Å². The summed E-state index contributed by atoms with van der Waals surface area (Å²) in [4.78, 5) is 12.6. The van der Waals surface area contributed by atoms with Crippen molar-refractivity contribution in [3.05, 3.63) is 23.8 Å². The lowest BCUT2D eigenvalue weighted by molar-refractivity contribution is -0.117. The molecule has 1 nitrogen and oxygen atoms in total. The Kier molecular flexibility index (Phi) is 4.88. The molecule has 2 aliphatic rings. The molecule has 4 unspecified atom stereocenters. The molecule has 1 saturated carbocycles. The SMILES string of the molecule is C=C(C)C1CC=C(C2CC(C)CCC2C(C)C)C(=O)C1. The van der Waals surface area contributed by atoms with Gasteiger partial charge in [0.25, 0.3) is 0 Å². The van der Waals surface area contributed by atoms with Gasteiger partial charge in [-0.15, -0.1) is 0 Å². The summed E-state index contributed by atoms with van der Waals surface area (Å²) in [5.41, 5.74) is 2.32. The zero-order valence-electron chi connectivity index (χ0n) is 13.6. The van der Waals surface area contributed by atoms with Crippen molar-refractivity contribution in [1.29, 1.82) is 0 Å². The van der Waals surface area contributed by atoms with Gasteiger partial charge in [0.05, 0.1) is 0 Å². The maximum atomic E-state index is 12.6. The molecule has 20 heavy (non-hydrogen) atoms. The zero-order valence-corrected chi connectivity index (χ0v) is 13.6. The van der Waals surface area contributed by atoms with Crippen molar-refractivity contribution in [2.45, 2.75) is 59.8 Å². The molecule has 112 valence electrons. The molecule has 1 heteroatoms.